The number of nitrogens with zero attached hydrogens (tertiary/aromatic N) is 1. The van der Waals surface area contributed by atoms with Gasteiger partial charge in [-0.1, -0.05) is 30.3 Å². The van der Waals surface area contributed by atoms with Crippen LogP contribution in [0.1, 0.15) is 10.5 Å². The summed E-state index contributed by atoms with van der Waals surface area (Å²) in [5.74, 6) is 0.579. The molecule has 0 fully saturated rings. The molecule has 0 aliphatic rings. The number of ether oxygens (including phenoxy) is 1. The number of hydrogen-bond acceptors (Lipinski definition) is 4. The second kappa shape index (κ2) is 10.2. The minimum atomic E-state index is -0.642. The van der Waals surface area contributed by atoms with Crippen molar-refractivity contribution in [3.05, 3.63) is 63.3 Å². The summed E-state index contributed by atoms with van der Waals surface area (Å²) < 4.78 is 9.10. The second-order valence-electron chi connectivity index (χ2n) is 6.66. The molecule has 0 aliphatic carbocycles. The van der Waals surface area contributed by atoms with E-state index in [9.17, 15) is 9.90 Å². The van der Waals surface area contributed by atoms with Gasteiger partial charge in [0.2, 0.25) is 0 Å². The van der Waals surface area contributed by atoms with E-state index in [0.29, 0.717) is 25.3 Å². The van der Waals surface area contributed by atoms with Gasteiger partial charge in [0, 0.05) is 26.7 Å². The van der Waals surface area contributed by atoms with Crippen molar-refractivity contribution < 1.29 is 14.6 Å². The number of fused-ring (bicyclic) bond motifs is 1. The molecule has 3 N–H and O–H groups in total. The van der Waals surface area contributed by atoms with Gasteiger partial charge < -0.3 is 25.0 Å². The zero-order valence-corrected chi connectivity index (χ0v) is 19.2. The Kier molecular flexibility index (Phi) is 7.71. The summed E-state index contributed by atoms with van der Waals surface area (Å²) in [4.78, 5) is 12.2. The van der Waals surface area contributed by atoms with E-state index in [-0.39, 0.29) is 12.5 Å². The van der Waals surface area contributed by atoms with Crippen molar-refractivity contribution in [2.45, 2.75) is 6.10 Å². The first-order chi connectivity index (χ1) is 14.0. The lowest BCUT2D eigenvalue weighted by molar-refractivity contribution is 0.0942. The number of benzene rings is 2. The highest BCUT2D eigenvalue weighted by molar-refractivity contribution is 9.13. The standard InChI is InChI=1S/C21H23Br2N3O3/c1-26-19(11-18(22)20(26)23)21(28)25-9-8-24-12-16(27)13-29-17-7-6-14-4-2-3-5-15(14)10-17/h2-7,10-11,16,24,27H,8-9,12-13H2,1H3,(H,25,28). The summed E-state index contributed by atoms with van der Waals surface area (Å²) in [6.07, 6.45) is -0.642. The molecule has 3 aromatic rings. The fourth-order valence-corrected chi connectivity index (χ4v) is 3.68. The van der Waals surface area contributed by atoms with Crippen LogP contribution in [0.5, 0.6) is 5.75 Å². The normalized spacial score (nSPS) is 12.1. The average Bonchev–Trinajstić information content (AvgIpc) is 2.99. The van der Waals surface area contributed by atoms with Gasteiger partial charge in [-0.05, 0) is 60.8 Å². The van der Waals surface area contributed by atoms with Crippen LogP contribution in [-0.2, 0) is 7.05 Å². The van der Waals surface area contributed by atoms with Crippen molar-refractivity contribution >= 4 is 48.5 Å². The van der Waals surface area contributed by atoms with Crippen molar-refractivity contribution in [3.8, 4) is 5.75 Å². The van der Waals surface area contributed by atoms with E-state index in [4.69, 9.17) is 4.74 Å². The Morgan fingerprint density at radius 1 is 1.14 bits per heavy atom. The van der Waals surface area contributed by atoms with Gasteiger partial charge in [0.05, 0.1) is 9.08 Å². The van der Waals surface area contributed by atoms with E-state index in [2.05, 4.69) is 42.5 Å². The molecule has 8 heteroatoms. The molecule has 0 bridgehead atoms. The number of amides is 1. The molecule has 1 unspecified atom stereocenters. The molecule has 0 radical (unpaired) electrons. The van der Waals surface area contributed by atoms with E-state index in [1.54, 1.807) is 10.6 Å². The van der Waals surface area contributed by atoms with Crippen LogP contribution in [0.15, 0.2) is 57.6 Å². The van der Waals surface area contributed by atoms with Crippen LogP contribution in [0.4, 0.5) is 0 Å². The van der Waals surface area contributed by atoms with Gasteiger partial charge in [-0.2, -0.15) is 0 Å². The molecule has 1 amide bonds. The lowest BCUT2D eigenvalue weighted by Gasteiger charge is -2.14. The number of aliphatic hydroxyl groups excluding tert-OH is 1. The molecule has 1 heterocycles. The number of hydrogen-bond donors (Lipinski definition) is 3. The second-order valence-corrected chi connectivity index (χ2v) is 8.27. The first-order valence-electron chi connectivity index (χ1n) is 9.25. The summed E-state index contributed by atoms with van der Waals surface area (Å²) in [6.45, 7) is 1.58. The topological polar surface area (TPSA) is 75.5 Å². The molecular formula is C21H23Br2N3O3. The minimum absolute atomic E-state index is 0.152. The Balaban J connectivity index is 1.34. The summed E-state index contributed by atoms with van der Waals surface area (Å²) >= 11 is 6.79. The number of nitrogens with one attached hydrogen (secondary N) is 2. The number of carbonyl (C=O) groups excluding carboxylic acids is 1. The Labute approximate surface area is 186 Å². The highest BCUT2D eigenvalue weighted by atomic mass is 79.9. The quantitative estimate of drug-likeness (QED) is 0.375. The SMILES string of the molecule is Cn1c(C(=O)NCCNCC(O)COc2ccc3ccccc3c2)cc(Br)c1Br. The Hall–Kier alpha value is -1.87. The van der Waals surface area contributed by atoms with Crippen LogP contribution in [0.2, 0.25) is 0 Å². The third kappa shape index (κ3) is 5.82. The van der Waals surface area contributed by atoms with Gasteiger partial charge in [-0.25, -0.2) is 0 Å². The van der Waals surface area contributed by atoms with Gasteiger partial charge in [0.1, 0.15) is 24.2 Å². The average molecular weight is 525 g/mol. The fraction of sp³-hybridized carbons (Fsp3) is 0.286. The highest BCUT2D eigenvalue weighted by Crippen LogP contribution is 2.26. The van der Waals surface area contributed by atoms with Crippen molar-refractivity contribution in [1.82, 2.24) is 15.2 Å². The van der Waals surface area contributed by atoms with Crippen LogP contribution in [0, 0.1) is 0 Å². The lowest BCUT2D eigenvalue weighted by Crippen LogP contribution is -2.37. The molecule has 6 nitrogen and oxygen atoms in total. The minimum Gasteiger partial charge on any atom is -0.491 e. The summed E-state index contributed by atoms with van der Waals surface area (Å²) in [7, 11) is 1.81. The third-order valence-corrected chi connectivity index (χ3v) is 6.58. The van der Waals surface area contributed by atoms with Crippen LogP contribution in [-0.4, -0.2) is 47.9 Å². The molecule has 154 valence electrons. The maximum absolute atomic E-state index is 12.2. The summed E-state index contributed by atoms with van der Waals surface area (Å²) in [5.41, 5.74) is 0.563. The zero-order valence-electron chi connectivity index (χ0n) is 16.0. The van der Waals surface area contributed by atoms with Crippen LogP contribution in [0.3, 0.4) is 0 Å². The fourth-order valence-electron chi connectivity index (χ4n) is 2.89. The molecule has 0 aliphatic heterocycles. The van der Waals surface area contributed by atoms with E-state index >= 15 is 0 Å². The van der Waals surface area contributed by atoms with Gasteiger partial charge in [-0.3, -0.25) is 4.79 Å². The summed E-state index contributed by atoms with van der Waals surface area (Å²) in [5, 5.41) is 18.3. The molecule has 0 saturated carbocycles. The Morgan fingerprint density at radius 3 is 2.62 bits per heavy atom. The third-order valence-electron chi connectivity index (χ3n) is 4.48. The number of rotatable bonds is 9. The molecule has 1 aromatic heterocycles. The van der Waals surface area contributed by atoms with Crippen molar-refractivity contribution in [2.24, 2.45) is 7.05 Å². The van der Waals surface area contributed by atoms with E-state index in [1.807, 2.05) is 49.5 Å². The predicted octanol–water partition coefficient (Wildman–Crippen LogP) is 3.46. The lowest BCUT2D eigenvalue weighted by atomic mass is 10.1. The van der Waals surface area contributed by atoms with Gasteiger partial charge in [-0.15, -0.1) is 0 Å². The number of aromatic nitrogens is 1. The number of carbonyl (C=O) groups is 1. The largest absolute Gasteiger partial charge is 0.491 e. The van der Waals surface area contributed by atoms with Gasteiger partial charge >= 0.3 is 0 Å². The Morgan fingerprint density at radius 2 is 1.90 bits per heavy atom. The number of halogens is 2. The van der Waals surface area contributed by atoms with Crippen LogP contribution >= 0.6 is 31.9 Å². The van der Waals surface area contributed by atoms with Gasteiger partial charge in [0.15, 0.2) is 0 Å². The molecule has 29 heavy (non-hydrogen) atoms. The maximum Gasteiger partial charge on any atom is 0.268 e. The van der Waals surface area contributed by atoms with Crippen molar-refractivity contribution in [2.75, 3.05) is 26.2 Å². The highest BCUT2D eigenvalue weighted by Gasteiger charge is 2.14. The van der Waals surface area contributed by atoms with Crippen molar-refractivity contribution in [1.29, 1.82) is 0 Å². The molecule has 1 atom stereocenters. The first kappa shape index (κ1) is 21.8. The number of aliphatic hydroxyl groups is 1. The monoisotopic (exact) mass is 523 g/mol. The molecule has 0 saturated heterocycles. The van der Waals surface area contributed by atoms with Crippen molar-refractivity contribution in [3.63, 3.8) is 0 Å². The smallest absolute Gasteiger partial charge is 0.268 e. The maximum atomic E-state index is 12.2. The molecule has 0 spiro atoms. The van der Waals surface area contributed by atoms with Crippen LogP contribution in [0.25, 0.3) is 10.8 Å². The first-order valence-corrected chi connectivity index (χ1v) is 10.8. The zero-order chi connectivity index (χ0) is 20.8. The van der Waals surface area contributed by atoms with E-state index in [0.717, 1.165) is 25.6 Å². The van der Waals surface area contributed by atoms with E-state index in [1.165, 1.54) is 0 Å². The Bertz CT molecular complexity index is 990. The van der Waals surface area contributed by atoms with Crippen LogP contribution < -0.4 is 15.4 Å². The molecule has 2 aromatic carbocycles. The predicted molar refractivity (Wildman–Crippen MR) is 121 cm³/mol. The summed E-state index contributed by atoms with van der Waals surface area (Å²) in [6, 6.07) is 15.7. The molecule has 3 rings (SSSR count). The van der Waals surface area contributed by atoms with E-state index < -0.39 is 6.10 Å². The molecular weight excluding hydrogens is 502 g/mol. The van der Waals surface area contributed by atoms with Gasteiger partial charge in [0.25, 0.3) is 5.91 Å².